The Morgan fingerprint density at radius 3 is 2.71 bits per heavy atom. The van der Waals surface area contributed by atoms with Crippen LogP contribution in [0.25, 0.3) is 0 Å². The van der Waals surface area contributed by atoms with Crippen molar-refractivity contribution in [2.75, 3.05) is 13.1 Å². The molecule has 4 nitrogen and oxygen atoms in total. The molecule has 3 unspecified atom stereocenters. The molecule has 132 valence electrons. The van der Waals surface area contributed by atoms with E-state index in [1.165, 1.54) is 6.07 Å². The first-order valence-electron chi connectivity index (χ1n) is 8.64. The molecule has 1 saturated heterocycles. The summed E-state index contributed by atoms with van der Waals surface area (Å²) in [7, 11) is 0. The van der Waals surface area contributed by atoms with Gasteiger partial charge in [0.2, 0.25) is 0 Å². The first-order chi connectivity index (χ1) is 11.5. The fourth-order valence-corrected chi connectivity index (χ4v) is 3.44. The van der Waals surface area contributed by atoms with Crippen molar-refractivity contribution >= 4 is 6.03 Å². The molecule has 3 atom stereocenters. The summed E-state index contributed by atoms with van der Waals surface area (Å²) in [4.78, 5) is 14.3. The van der Waals surface area contributed by atoms with Crippen LogP contribution < -0.4 is 5.32 Å². The van der Waals surface area contributed by atoms with Gasteiger partial charge in [0, 0.05) is 24.6 Å². The van der Waals surface area contributed by atoms with Crippen molar-refractivity contribution in [3.8, 4) is 0 Å². The number of piperidine rings is 1. The monoisotopic (exact) mass is 338 g/mol. The van der Waals surface area contributed by atoms with E-state index in [1.54, 1.807) is 11.8 Å². The molecule has 1 aliphatic heterocycles. The molecule has 1 aliphatic carbocycles. The minimum Gasteiger partial charge on any atom is -0.393 e. The summed E-state index contributed by atoms with van der Waals surface area (Å²) in [6.07, 6.45) is 3.08. The second-order valence-corrected chi connectivity index (χ2v) is 7.02. The van der Waals surface area contributed by atoms with Crippen molar-refractivity contribution in [3.63, 3.8) is 0 Å². The predicted octanol–water partition coefficient (Wildman–Crippen LogP) is 3.22. The van der Waals surface area contributed by atoms with Crippen molar-refractivity contribution in [2.24, 2.45) is 11.8 Å². The van der Waals surface area contributed by atoms with E-state index < -0.39 is 23.8 Å². The number of hydrogen-bond acceptors (Lipinski definition) is 2. The van der Waals surface area contributed by atoms with Crippen LogP contribution in [0.4, 0.5) is 13.6 Å². The molecule has 2 amide bonds. The van der Waals surface area contributed by atoms with Crippen LogP contribution in [0.3, 0.4) is 0 Å². The number of hydrogen-bond donors (Lipinski definition) is 2. The second kappa shape index (κ2) is 7.05. The number of rotatable bonds is 4. The maximum absolute atomic E-state index is 14.1. The van der Waals surface area contributed by atoms with Gasteiger partial charge in [-0.3, -0.25) is 0 Å². The van der Waals surface area contributed by atoms with E-state index in [9.17, 15) is 18.7 Å². The van der Waals surface area contributed by atoms with Crippen LogP contribution in [0.5, 0.6) is 0 Å². The number of nitrogens with one attached hydrogen (secondary N) is 1. The molecule has 0 aromatic heterocycles. The van der Waals surface area contributed by atoms with Gasteiger partial charge in [0.1, 0.15) is 11.6 Å². The van der Waals surface area contributed by atoms with Gasteiger partial charge in [-0.25, -0.2) is 13.6 Å². The third-order valence-electron chi connectivity index (χ3n) is 5.09. The SMILES string of the molecule is CC(O)C1CCCN(C(=O)NC(c2cc(F)ccc2F)C2CC2)C1. The zero-order valence-electron chi connectivity index (χ0n) is 13.8. The second-order valence-electron chi connectivity index (χ2n) is 7.02. The summed E-state index contributed by atoms with van der Waals surface area (Å²) in [5.74, 6) is -0.773. The molecule has 1 aromatic carbocycles. The minimum absolute atomic E-state index is 0.0646. The molecule has 0 bridgehead atoms. The van der Waals surface area contributed by atoms with Gasteiger partial charge < -0.3 is 15.3 Å². The summed E-state index contributed by atoms with van der Waals surface area (Å²) in [6.45, 7) is 2.85. The number of benzene rings is 1. The molecule has 1 aromatic rings. The first kappa shape index (κ1) is 17.1. The van der Waals surface area contributed by atoms with Gasteiger partial charge in [0.15, 0.2) is 0 Å². The van der Waals surface area contributed by atoms with Crippen LogP contribution >= 0.6 is 0 Å². The first-order valence-corrected chi connectivity index (χ1v) is 8.64. The molecular formula is C18H24F2N2O2. The van der Waals surface area contributed by atoms with Crippen LogP contribution in [0, 0.1) is 23.5 Å². The van der Waals surface area contributed by atoms with Crippen molar-refractivity contribution in [2.45, 2.75) is 44.8 Å². The number of aliphatic hydroxyl groups is 1. The number of carbonyl (C=O) groups excluding carboxylic acids is 1. The lowest BCUT2D eigenvalue weighted by molar-refractivity contribution is 0.0731. The molecule has 0 spiro atoms. The van der Waals surface area contributed by atoms with Crippen molar-refractivity contribution < 1.29 is 18.7 Å². The number of likely N-dealkylation sites (tertiary alicyclic amines) is 1. The van der Waals surface area contributed by atoms with Gasteiger partial charge in [-0.2, -0.15) is 0 Å². The van der Waals surface area contributed by atoms with Crippen LogP contribution in [-0.2, 0) is 0 Å². The molecule has 6 heteroatoms. The van der Waals surface area contributed by atoms with Gasteiger partial charge >= 0.3 is 6.03 Å². The summed E-state index contributed by atoms with van der Waals surface area (Å²) >= 11 is 0. The molecule has 3 rings (SSSR count). The van der Waals surface area contributed by atoms with E-state index in [1.807, 2.05) is 0 Å². The van der Waals surface area contributed by atoms with E-state index in [0.717, 1.165) is 37.8 Å². The Bertz CT molecular complexity index is 605. The largest absolute Gasteiger partial charge is 0.393 e. The Morgan fingerprint density at radius 1 is 1.29 bits per heavy atom. The maximum Gasteiger partial charge on any atom is 0.317 e. The highest BCUT2D eigenvalue weighted by Gasteiger charge is 2.36. The number of nitrogens with zero attached hydrogens (tertiary/aromatic N) is 1. The van der Waals surface area contributed by atoms with Crippen molar-refractivity contribution in [1.82, 2.24) is 10.2 Å². The van der Waals surface area contributed by atoms with E-state index >= 15 is 0 Å². The highest BCUT2D eigenvalue weighted by molar-refractivity contribution is 5.75. The minimum atomic E-state index is -0.501. The Hall–Kier alpha value is -1.69. The number of urea groups is 1. The molecule has 24 heavy (non-hydrogen) atoms. The third-order valence-corrected chi connectivity index (χ3v) is 5.09. The van der Waals surface area contributed by atoms with Gasteiger partial charge in [-0.1, -0.05) is 0 Å². The fourth-order valence-electron chi connectivity index (χ4n) is 3.44. The molecular weight excluding hydrogens is 314 g/mol. The van der Waals surface area contributed by atoms with Crippen LogP contribution in [0.1, 0.15) is 44.2 Å². The normalized spacial score (nSPS) is 23.7. The fraction of sp³-hybridized carbons (Fsp3) is 0.611. The Morgan fingerprint density at radius 2 is 2.04 bits per heavy atom. The van der Waals surface area contributed by atoms with Gasteiger partial charge in [-0.05, 0) is 56.7 Å². The average Bonchev–Trinajstić information content (AvgIpc) is 3.40. The van der Waals surface area contributed by atoms with Gasteiger partial charge in [0.05, 0.1) is 12.1 Å². The zero-order valence-corrected chi connectivity index (χ0v) is 13.8. The quantitative estimate of drug-likeness (QED) is 0.886. The van der Waals surface area contributed by atoms with Crippen LogP contribution in [0.15, 0.2) is 18.2 Å². The molecule has 0 radical (unpaired) electrons. The summed E-state index contributed by atoms with van der Waals surface area (Å²) in [6, 6.07) is 2.60. The molecule has 1 heterocycles. The van der Waals surface area contributed by atoms with E-state index in [0.29, 0.717) is 13.1 Å². The van der Waals surface area contributed by atoms with E-state index in [2.05, 4.69) is 5.32 Å². The number of amides is 2. The topological polar surface area (TPSA) is 52.6 Å². The lowest BCUT2D eigenvalue weighted by Crippen LogP contribution is -2.48. The maximum atomic E-state index is 14.1. The number of carbonyl (C=O) groups is 1. The molecule has 2 N–H and O–H groups in total. The highest BCUT2D eigenvalue weighted by Crippen LogP contribution is 2.42. The Balaban J connectivity index is 1.72. The van der Waals surface area contributed by atoms with Crippen LogP contribution in [-0.4, -0.2) is 35.2 Å². The zero-order chi connectivity index (χ0) is 17.3. The smallest absolute Gasteiger partial charge is 0.317 e. The van der Waals surface area contributed by atoms with Gasteiger partial charge in [-0.15, -0.1) is 0 Å². The summed E-state index contributed by atoms with van der Waals surface area (Å²) in [5, 5.41) is 12.6. The molecule has 2 fully saturated rings. The summed E-state index contributed by atoms with van der Waals surface area (Å²) in [5.41, 5.74) is 0.218. The Labute approximate surface area is 140 Å². The van der Waals surface area contributed by atoms with Crippen molar-refractivity contribution in [1.29, 1.82) is 0 Å². The van der Waals surface area contributed by atoms with Crippen molar-refractivity contribution in [3.05, 3.63) is 35.4 Å². The third kappa shape index (κ3) is 3.86. The highest BCUT2D eigenvalue weighted by atomic mass is 19.1. The standard InChI is InChI=1S/C18H24F2N2O2/c1-11(23)13-3-2-8-22(10-13)18(24)21-17(12-4-5-12)15-9-14(19)6-7-16(15)20/h6-7,9,11-13,17,23H,2-5,8,10H2,1H3,(H,21,24). The predicted molar refractivity (Wildman–Crippen MR) is 86.3 cm³/mol. The van der Waals surface area contributed by atoms with Gasteiger partial charge in [0.25, 0.3) is 0 Å². The van der Waals surface area contributed by atoms with E-state index in [4.69, 9.17) is 0 Å². The number of halogens is 2. The molecule has 2 aliphatic rings. The van der Waals surface area contributed by atoms with E-state index in [-0.39, 0.29) is 23.4 Å². The lowest BCUT2D eigenvalue weighted by Gasteiger charge is -2.35. The molecule has 1 saturated carbocycles. The summed E-state index contributed by atoms with van der Waals surface area (Å²) < 4.78 is 27.6. The van der Waals surface area contributed by atoms with Crippen LogP contribution in [0.2, 0.25) is 0 Å². The Kier molecular flexibility index (Phi) is 5.04. The average molecular weight is 338 g/mol. The lowest BCUT2D eigenvalue weighted by atomic mass is 9.93. The number of aliphatic hydroxyl groups excluding tert-OH is 1.